The number of hydrogen-bond donors (Lipinski definition) is 0. The molecule has 0 N–H and O–H groups in total. The third-order valence-corrected chi connectivity index (χ3v) is 2.80. The summed E-state index contributed by atoms with van der Waals surface area (Å²) in [4.78, 5) is 11.7. The Hall–Kier alpha value is -2.28. The lowest BCUT2D eigenvalue weighted by atomic mass is 10.1. The normalized spacial score (nSPS) is 10.8. The molecule has 0 bridgehead atoms. The number of carbonyl (C=O) groups is 1. The van der Waals surface area contributed by atoms with Gasteiger partial charge in [0.1, 0.15) is 17.4 Å². The molecule has 0 aliphatic rings. The Morgan fingerprint density at radius 2 is 2.20 bits per heavy atom. The van der Waals surface area contributed by atoms with E-state index in [1.54, 1.807) is 19.2 Å². The standard InChI is InChI=1S/C16H19NO3/c1-4-5-8-20-16(18)14(11-17)10-13-6-7-15(19-3)12(2)9-13/h6-7,9-10H,4-5,8H2,1-3H3/b14-10+. The van der Waals surface area contributed by atoms with Gasteiger partial charge in [0.15, 0.2) is 0 Å². The molecule has 4 nitrogen and oxygen atoms in total. The number of ether oxygens (including phenoxy) is 2. The average molecular weight is 273 g/mol. The summed E-state index contributed by atoms with van der Waals surface area (Å²) < 4.78 is 10.2. The molecule has 1 rings (SSSR count). The van der Waals surface area contributed by atoms with E-state index in [1.807, 2.05) is 26.0 Å². The van der Waals surface area contributed by atoms with Gasteiger partial charge in [-0.1, -0.05) is 19.4 Å². The molecular formula is C16H19NO3. The van der Waals surface area contributed by atoms with Gasteiger partial charge in [-0.2, -0.15) is 5.26 Å². The topological polar surface area (TPSA) is 59.3 Å². The molecule has 106 valence electrons. The van der Waals surface area contributed by atoms with Crippen LogP contribution in [0.2, 0.25) is 0 Å². The van der Waals surface area contributed by atoms with Crippen LogP contribution in [0.5, 0.6) is 5.75 Å². The van der Waals surface area contributed by atoms with Crippen LogP contribution in [0.3, 0.4) is 0 Å². The third-order valence-electron chi connectivity index (χ3n) is 2.80. The average Bonchev–Trinajstić information content (AvgIpc) is 2.45. The minimum Gasteiger partial charge on any atom is -0.496 e. The van der Waals surface area contributed by atoms with Crippen LogP contribution in [0.4, 0.5) is 0 Å². The summed E-state index contributed by atoms with van der Waals surface area (Å²) in [6, 6.07) is 7.34. The Bertz CT molecular complexity index is 541. The maximum atomic E-state index is 11.7. The number of esters is 1. The van der Waals surface area contributed by atoms with E-state index in [0.29, 0.717) is 6.61 Å². The monoisotopic (exact) mass is 273 g/mol. The van der Waals surface area contributed by atoms with Crippen molar-refractivity contribution >= 4 is 12.0 Å². The SMILES string of the molecule is CCCCOC(=O)/C(C#N)=C/c1ccc(OC)c(C)c1. The highest BCUT2D eigenvalue weighted by Crippen LogP contribution is 2.20. The summed E-state index contributed by atoms with van der Waals surface area (Å²) >= 11 is 0. The molecule has 0 amide bonds. The van der Waals surface area contributed by atoms with E-state index in [2.05, 4.69) is 0 Å². The number of carbonyl (C=O) groups excluding carboxylic acids is 1. The third kappa shape index (κ3) is 4.43. The van der Waals surface area contributed by atoms with E-state index in [9.17, 15) is 4.79 Å². The highest BCUT2D eigenvalue weighted by atomic mass is 16.5. The van der Waals surface area contributed by atoms with Crippen LogP contribution >= 0.6 is 0 Å². The maximum absolute atomic E-state index is 11.7. The van der Waals surface area contributed by atoms with Crippen LogP contribution < -0.4 is 4.74 Å². The number of rotatable bonds is 6. The highest BCUT2D eigenvalue weighted by Gasteiger charge is 2.10. The Kier molecular flexibility index (Phi) is 6.31. The molecule has 0 saturated carbocycles. The van der Waals surface area contributed by atoms with Crippen molar-refractivity contribution in [2.75, 3.05) is 13.7 Å². The molecule has 0 aliphatic heterocycles. The molecule has 1 aromatic carbocycles. The second-order valence-electron chi connectivity index (χ2n) is 4.39. The molecule has 0 unspecified atom stereocenters. The fourth-order valence-electron chi connectivity index (χ4n) is 1.68. The number of nitriles is 1. The first kappa shape index (κ1) is 15.8. The van der Waals surface area contributed by atoms with Gasteiger partial charge in [-0.05, 0) is 42.7 Å². The summed E-state index contributed by atoms with van der Waals surface area (Å²) in [6.45, 7) is 4.26. The van der Waals surface area contributed by atoms with Crippen LogP contribution in [-0.2, 0) is 9.53 Å². The number of unbranched alkanes of at least 4 members (excludes halogenated alkanes) is 1. The van der Waals surface area contributed by atoms with Crippen LogP contribution in [0.15, 0.2) is 23.8 Å². The molecule has 0 aromatic heterocycles. The van der Waals surface area contributed by atoms with E-state index < -0.39 is 5.97 Å². The maximum Gasteiger partial charge on any atom is 0.348 e. The molecule has 0 heterocycles. The predicted molar refractivity (Wildman–Crippen MR) is 77.2 cm³/mol. The van der Waals surface area contributed by atoms with Crippen molar-refractivity contribution in [3.8, 4) is 11.8 Å². The lowest BCUT2D eigenvalue weighted by Crippen LogP contribution is -2.07. The van der Waals surface area contributed by atoms with E-state index in [1.165, 1.54) is 6.08 Å². The summed E-state index contributed by atoms with van der Waals surface area (Å²) in [6.07, 6.45) is 3.27. The Balaban J connectivity index is 2.86. The van der Waals surface area contributed by atoms with Gasteiger partial charge >= 0.3 is 5.97 Å². The van der Waals surface area contributed by atoms with Crippen molar-refractivity contribution in [3.63, 3.8) is 0 Å². The van der Waals surface area contributed by atoms with Crippen LogP contribution in [-0.4, -0.2) is 19.7 Å². The number of benzene rings is 1. The zero-order chi connectivity index (χ0) is 15.0. The van der Waals surface area contributed by atoms with Crippen LogP contribution in [0.25, 0.3) is 6.08 Å². The zero-order valence-electron chi connectivity index (χ0n) is 12.1. The summed E-state index contributed by atoms with van der Waals surface area (Å²) in [5, 5.41) is 9.04. The lowest BCUT2D eigenvalue weighted by Gasteiger charge is -2.06. The lowest BCUT2D eigenvalue weighted by molar-refractivity contribution is -0.138. The number of nitrogens with zero attached hydrogens (tertiary/aromatic N) is 1. The summed E-state index contributed by atoms with van der Waals surface area (Å²) in [5.41, 5.74) is 1.72. The minimum absolute atomic E-state index is 0.00525. The highest BCUT2D eigenvalue weighted by molar-refractivity contribution is 5.97. The van der Waals surface area contributed by atoms with Gasteiger partial charge in [0, 0.05) is 0 Å². The summed E-state index contributed by atoms with van der Waals surface area (Å²) in [5.74, 6) is 0.195. The van der Waals surface area contributed by atoms with E-state index in [0.717, 1.165) is 29.7 Å². The number of hydrogen-bond acceptors (Lipinski definition) is 4. The largest absolute Gasteiger partial charge is 0.496 e. The Morgan fingerprint density at radius 1 is 1.45 bits per heavy atom. The van der Waals surface area contributed by atoms with Gasteiger partial charge in [0.05, 0.1) is 13.7 Å². The van der Waals surface area contributed by atoms with Crippen molar-refractivity contribution < 1.29 is 14.3 Å². The smallest absolute Gasteiger partial charge is 0.348 e. The molecule has 0 saturated heterocycles. The van der Waals surface area contributed by atoms with Gasteiger partial charge in [-0.3, -0.25) is 0 Å². The van der Waals surface area contributed by atoms with Gasteiger partial charge in [0.25, 0.3) is 0 Å². The van der Waals surface area contributed by atoms with Crippen molar-refractivity contribution in [3.05, 3.63) is 34.9 Å². The Labute approximate surface area is 119 Å². The van der Waals surface area contributed by atoms with Gasteiger partial charge in [-0.15, -0.1) is 0 Å². The molecular weight excluding hydrogens is 254 g/mol. The van der Waals surface area contributed by atoms with Gasteiger partial charge in [-0.25, -0.2) is 4.79 Å². The fraction of sp³-hybridized carbons (Fsp3) is 0.375. The van der Waals surface area contributed by atoms with Crippen molar-refractivity contribution in [2.24, 2.45) is 0 Å². The van der Waals surface area contributed by atoms with Crippen molar-refractivity contribution in [2.45, 2.75) is 26.7 Å². The van der Waals surface area contributed by atoms with Crippen LogP contribution in [0.1, 0.15) is 30.9 Å². The van der Waals surface area contributed by atoms with Crippen molar-refractivity contribution in [1.29, 1.82) is 5.26 Å². The first-order valence-corrected chi connectivity index (χ1v) is 6.56. The molecule has 0 atom stereocenters. The van der Waals surface area contributed by atoms with E-state index >= 15 is 0 Å². The number of methoxy groups -OCH3 is 1. The molecule has 0 radical (unpaired) electrons. The zero-order valence-corrected chi connectivity index (χ0v) is 12.1. The van der Waals surface area contributed by atoms with E-state index in [4.69, 9.17) is 14.7 Å². The van der Waals surface area contributed by atoms with E-state index in [-0.39, 0.29) is 5.57 Å². The molecule has 20 heavy (non-hydrogen) atoms. The fourth-order valence-corrected chi connectivity index (χ4v) is 1.68. The quantitative estimate of drug-likeness (QED) is 0.345. The number of aryl methyl sites for hydroxylation is 1. The summed E-state index contributed by atoms with van der Waals surface area (Å²) in [7, 11) is 1.60. The van der Waals surface area contributed by atoms with Gasteiger partial charge < -0.3 is 9.47 Å². The molecule has 1 aromatic rings. The first-order valence-electron chi connectivity index (χ1n) is 6.56. The minimum atomic E-state index is -0.575. The molecule has 0 aliphatic carbocycles. The molecule has 0 spiro atoms. The Morgan fingerprint density at radius 3 is 2.75 bits per heavy atom. The predicted octanol–water partition coefficient (Wildman–Crippen LogP) is 3.25. The second-order valence-corrected chi connectivity index (χ2v) is 4.39. The first-order chi connectivity index (χ1) is 9.62. The van der Waals surface area contributed by atoms with Crippen molar-refractivity contribution in [1.82, 2.24) is 0 Å². The van der Waals surface area contributed by atoms with Gasteiger partial charge in [0.2, 0.25) is 0 Å². The molecule has 0 fully saturated rings. The second kappa shape index (κ2) is 8.00. The molecule has 4 heteroatoms. The van der Waals surface area contributed by atoms with Crippen LogP contribution in [0, 0.1) is 18.3 Å².